The molecule has 0 saturated carbocycles. The number of hydrogen-bond donors (Lipinski definition) is 1. The quantitative estimate of drug-likeness (QED) is 0.749. The van der Waals surface area contributed by atoms with Crippen LogP contribution in [0, 0.1) is 0 Å². The van der Waals surface area contributed by atoms with E-state index in [1.165, 1.54) is 6.26 Å². The molecule has 0 aromatic heterocycles. The summed E-state index contributed by atoms with van der Waals surface area (Å²) in [5.74, 6) is 0. The minimum atomic E-state index is -3.04. The van der Waals surface area contributed by atoms with Crippen molar-refractivity contribution in [1.82, 2.24) is 9.62 Å². The third-order valence-corrected chi connectivity index (χ3v) is 4.14. The van der Waals surface area contributed by atoms with E-state index >= 15 is 0 Å². The Morgan fingerprint density at radius 2 is 2.00 bits per heavy atom. The molecule has 1 saturated heterocycles. The van der Waals surface area contributed by atoms with Gasteiger partial charge in [-0.25, -0.2) is 8.42 Å². The first-order chi connectivity index (χ1) is 6.49. The molecule has 0 bridgehead atoms. The summed E-state index contributed by atoms with van der Waals surface area (Å²) in [5, 5.41) is 3.37. The van der Waals surface area contributed by atoms with Gasteiger partial charge in [-0.15, -0.1) is 0 Å². The third kappa shape index (κ3) is 2.68. The van der Waals surface area contributed by atoms with Crippen LogP contribution in [0.2, 0.25) is 0 Å². The van der Waals surface area contributed by atoms with Crippen molar-refractivity contribution in [2.75, 3.05) is 19.3 Å². The van der Waals surface area contributed by atoms with Crippen LogP contribution in [-0.2, 0) is 10.0 Å². The lowest BCUT2D eigenvalue weighted by Crippen LogP contribution is -2.57. The number of piperazine rings is 1. The maximum atomic E-state index is 11.5. The minimum absolute atomic E-state index is 0.132. The molecule has 1 aliphatic rings. The van der Waals surface area contributed by atoms with Gasteiger partial charge < -0.3 is 5.32 Å². The second-order valence-corrected chi connectivity index (χ2v) is 5.84. The van der Waals surface area contributed by atoms with Crippen LogP contribution >= 0.6 is 0 Å². The molecule has 1 aliphatic heterocycles. The van der Waals surface area contributed by atoms with E-state index in [0.717, 1.165) is 19.4 Å². The highest BCUT2D eigenvalue weighted by atomic mass is 32.2. The van der Waals surface area contributed by atoms with Crippen molar-refractivity contribution in [3.63, 3.8) is 0 Å². The molecule has 1 fully saturated rings. The summed E-state index contributed by atoms with van der Waals surface area (Å²) in [4.78, 5) is 0. The van der Waals surface area contributed by atoms with Gasteiger partial charge in [0.15, 0.2) is 0 Å². The summed E-state index contributed by atoms with van der Waals surface area (Å²) in [6.07, 6.45) is 3.15. The van der Waals surface area contributed by atoms with Gasteiger partial charge in [-0.3, -0.25) is 0 Å². The van der Waals surface area contributed by atoms with Crippen molar-refractivity contribution in [1.29, 1.82) is 0 Å². The van der Waals surface area contributed by atoms with Crippen LogP contribution < -0.4 is 5.32 Å². The normalized spacial score (nSPS) is 30.5. The van der Waals surface area contributed by atoms with Crippen molar-refractivity contribution >= 4 is 10.0 Å². The smallest absolute Gasteiger partial charge is 0.211 e. The van der Waals surface area contributed by atoms with Gasteiger partial charge >= 0.3 is 0 Å². The predicted molar refractivity (Wildman–Crippen MR) is 57.7 cm³/mol. The molecule has 5 heteroatoms. The Morgan fingerprint density at radius 1 is 1.36 bits per heavy atom. The zero-order chi connectivity index (χ0) is 10.8. The molecule has 2 atom stereocenters. The molecule has 0 spiro atoms. The van der Waals surface area contributed by atoms with E-state index in [1.54, 1.807) is 4.31 Å². The molecule has 0 aromatic carbocycles. The maximum absolute atomic E-state index is 11.5. The van der Waals surface area contributed by atoms with Crippen molar-refractivity contribution in [3.05, 3.63) is 0 Å². The Balaban J connectivity index is 2.76. The Hall–Kier alpha value is -0.130. The predicted octanol–water partition coefficient (Wildman–Crippen LogP) is 0.408. The van der Waals surface area contributed by atoms with Gasteiger partial charge in [-0.05, 0) is 12.8 Å². The Morgan fingerprint density at radius 3 is 2.43 bits per heavy atom. The van der Waals surface area contributed by atoms with Crippen LogP contribution in [0.25, 0.3) is 0 Å². The summed E-state index contributed by atoms with van der Waals surface area (Å²) in [6.45, 7) is 5.50. The van der Waals surface area contributed by atoms with E-state index in [1.807, 2.05) is 6.92 Å². The van der Waals surface area contributed by atoms with Gasteiger partial charge in [0.1, 0.15) is 0 Å². The molecule has 84 valence electrons. The number of nitrogens with one attached hydrogen (secondary N) is 1. The molecule has 0 radical (unpaired) electrons. The fourth-order valence-corrected chi connectivity index (χ4v) is 3.08. The van der Waals surface area contributed by atoms with E-state index < -0.39 is 10.0 Å². The van der Waals surface area contributed by atoms with Crippen molar-refractivity contribution < 1.29 is 8.42 Å². The summed E-state index contributed by atoms with van der Waals surface area (Å²) in [6, 6.07) is 0.445. The minimum Gasteiger partial charge on any atom is -0.311 e. The average molecular weight is 220 g/mol. The van der Waals surface area contributed by atoms with Gasteiger partial charge in [0.25, 0.3) is 0 Å². The van der Waals surface area contributed by atoms with E-state index in [9.17, 15) is 8.42 Å². The molecule has 0 aliphatic carbocycles. The number of hydrogen-bond acceptors (Lipinski definition) is 3. The van der Waals surface area contributed by atoms with Crippen LogP contribution in [0.3, 0.4) is 0 Å². The second-order valence-electron chi connectivity index (χ2n) is 3.91. The van der Waals surface area contributed by atoms with E-state index in [-0.39, 0.29) is 6.04 Å². The summed E-state index contributed by atoms with van der Waals surface area (Å²) >= 11 is 0. The zero-order valence-corrected chi connectivity index (χ0v) is 9.97. The first-order valence-electron chi connectivity index (χ1n) is 5.19. The van der Waals surface area contributed by atoms with Crippen LogP contribution in [0.5, 0.6) is 0 Å². The molecule has 1 heterocycles. The fraction of sp³-hybridized carbons (Fsp3) is 1.00. The van der Waals surface area contributed by atoms with Crippen LogP contribution in [-0.4, -0.2) is 44.2 Å². The third-order valence-electron chi connectivity index (χ3n) is 2.84. The van der Waals surface area contributed by atoms with Gasteiger partial charge in [0.05, 0.1) is 6.26 Å². The average Bonchev–Trinajstić information content (AvgIpc) is 2.15. The SMILES string of the molecule is CCC1CN(S(C)(=O)=O)C(CC)CN1. The fourth-order valence-electron chi connectivity index (χ4n) is 1.86. The monoisotopic (exact) mass is 220 g/mol. The second kappa shape index (κ2) is 4.59. The highest BCUT2D eigenvalue weighted by molar-refractivity contribution is 7.88. The van der Waals surface area contributed by atoms with Crippen molar-refractivity contribution in [2.24, 2.45) is 0 Å². The zero-order valence-electron chi connectivity index (χ0n) is 9.16. The first kappa shape index (κ1) is 11.9. The van der Waals surface area contributed by atoms with E-state index in [4.69, 9.17) is 0 Å². The molecule has 1 rings (SSSR count). The summed E-state index contributed by atoms with van der Waals surface area (Å²) < 4.78 is 24.7. The molecule has 2 unspecified atom stereocenters. The van der Waals surface area contributed by atoms with Gasteiger partial charge in [-0.2, -0.15) is 4.31 Å². The largest absolute Gasteiger partial charge is 0.311 e. The van der Waals surface area contributed by atoms with Crippen LogP contribution in [0.1, 0.15) is 26.7 Å². The van der Waals surface area contributed by atoms with Crippen LogP contribution in [0.15, 0.2) is 0 Å². The van der Waals surface area contributed by atoms with Gasteiger partial charge in [0, 0.05) is 25.2 Å². The Labute approximate surface area is 86.7 Å². The number of rotatable bonds is 3. The standard InChI is InChI=1S/C9H20N2O2S/c1-4-8-7-11(14(3,12)13)9(5-2)6-10-8/h8-10H,4-7H2,1-3H3. The molecule has 14 heavy (non-hydrogen) atoms. The molecule has 0 aromatic rings. The summed E-state index contributed by atoms with van der Waals surface area (Å²) in [5.41, 5.74) is 0. The van der Waals surface area contributed by atoms with Crippen molar-refractivity contribution in [2.45, 2.75) is 38.8 Å². The molecular formula is C9H20N2O2S. The van der Waals surface area contributed by atoms with Crippen LogP contribution in [0.4, 0.5) is 0 Å². The van der Waals surface area contributed by atoms with E-state index in [2.05, 4.69) is 12.2 Å². The molecule has 0 amide bonds. The lowest BCUT2D eigenvalue weighted by molar-refractivity contribution is 0.217. The van der Waals surface area contributed by atoms with Gasteiger partial charge in [0.2, 0.25) is 10.0 Å². The Bertz CT molecular complexity index is 277. The Kier molecular flexibility index (Phi) is 3.92. The topological polar surface area (TPSA) is 49.4 Å². The molecule has 4 nitrogen and oxygen atoms in total. The lowest BCUT2D eigenvalue weighted by atomic mass is 10.1. The highest BCUT2D eigenvalue weighted by Crippen LogP contribution is 2.15. The molecular weight excluding hydrogens is 200 g/mol. The first-order valence-corrected chi connectivity index (χ1v) is 7.04. The maximum Gasteiger partial charge on any atom is 0.211 e. The van der Waals surface area contributed by atoms with Crippen molar-refractivity contribution in [3.8, 4) is 0 Å². The lowest BCUT2D eigenvalue weighted by Gasteiger charge is -2.38. The molecule has 1 N–H and O–H groups in total. The van der Waals surface area contributed by atoms with E-state index in [0.29, 0.717) is 12.6 Å². The number of sulfonamides is 1. The van der Waals surface area contributed by atoms with Gasteiger partial charge in [-0.1, -0.05) is 13.8 Å². The number of nitrogens with zero attached hydrogens (tertiary/aromatic N) is 1. The summed E-state index contributed by atoms with van der Waals surface area (Å²) in [7, 11) is -3.04. The highest BCUT2D eigenvalue weighted by Gasteiger charge is 2.31.